The lowest BCUT2D eigenvalue weighted by molar-refractivity contribution is 0.172. The first-order valence-electron chi connectivity index (χ1n) is 6.60. The van der Waals surface area contributed by atoms with E-state index in [1.165, 1.54) is 20.2 Å². The summed E-state index contributed by atoms with van der Waals surface area (Å²) in [7, 11) is 3.02. The van der Waals surface area contributed by atoms with E-state index in [1.54, 1.807) is 18.2 Å². The molecular formula is C16H18FNO3. The summed E-state index contributed by atoms with van der Waals surface area (Å²) < 4.78 is 30.5. The van der Waals surface area contributed by atoms with E-state index in [9.17, 15) is 4.39 Å². The topological polar surface area (TPSA) is 53.7 Å². The molecule has 5 heteroatoms. The Morgan fingerprint density at radius 2 is 1.76 bits per heavy atom. The van der Waals surface area contributed by atoms with Crippen LogP contribution in [0.1, 0.15) is 0 Å². The highest BCUT2D eigenvalue weighted by molar-refractivity contribution is 5.79. The molecule has 0 aliphatic carbocycles. The number of ether oxygens (including phenoxy) is 3. The smallest absolute Gasteiger partial charge is 0.169 e. The Bertz CT molecular complexity index is 616. The van der Waals surface area contributed by atoms with Gasteiger partial charge in [-0.05, 0) is 25.2 Å². The Labute approximate surface area is 123 Å². The van der Waals surface area contributed by atoms with Gasteiger partial charge in [0.1, 0.15) is 24.8 Å². The van der Waals surface area contributed by atoms with Gasteiger partial charge in [-0.25, -0.2) is 4.39 Å². The van der Waals surface area contributed by atoms with Crippen LogP contribution in [0, 0.1) is 5.82 Å². The Balaban J connectivity index is 0.000000774. The molecule has 2 aromatic rings. The zero-order valence-corrected chi connectivity index (χ0v) is 12.1. The van der Waals surface area contributed by atoms with Crippen LogP contribution in [0.15, 0.2) is 36.4 Å². The average Bonchev–Trinajstić information content (AvgIpc) is 2.56. The van der Waals surface area contributed by atoms with E-state index in [4.69, 9.17) is 14.2 Å². The lowest BCUT2D eigenvalue weighted by Crippen LogP contribution is -2.16. The highest BCUT2D eigenvalue weighted by Gasteiger charge is 2.21. The number of methoxy groups -OCH3 is 1. The van der Waals surface area contributed by atoms with Gasteiger partial charge in [-0.15, -0.1) is 0 Å². The van der Waals surface area contributed by atoms with Gasteiger partial charge in [-0.3, -0.25) is 0 Å². The van der Waals surface area contributed by atoms with Crippen molar-refractivity contribution in [2.75, 3.05) is 27.4 Å². The molecule has 1 aliphatic rings. The highest BCUT2D eigenvalue weighted by Crippen LogP contribution is 2.43. The van der Waals surface area contributed by atoms with Crippen LogP contribution in [0.25, 0.3) is 11.1 Å². The van der Waals surface area contributed by atoms with E-state index in [1.807, 2.05) is 12.1 Å². The van der Waals surface area contributed by atoms with Gasteiger partial charge in [-0.2, -0.15) is 0 Å². The van der Waals surface area contributed by atoms with Crippen molar-refractivity contribution in [2.24, 2.45) is 5.73 Å². The van der Waals surface area contributed by atoms with Crippen LogP contribution in [0.2, 0.25) is 0 Å². The predicted molar refractivity (Wildman–Crippen MR) is 79.5 cm³/mol. The fraction of sp³-hybridized carbons (Fsp3) is 0.250. The molecule has 0 saturated carbocycles. The van der Waals surface area contributed by atoms with Crippen molar-refractivity contribution in [3.63, 3.8) is 0 Å². The Hall–Kier alpha value is -2.27. The van der Waals surface area contributed by atoms with Crippen LogP contribution in [0.5, 0.6) is 17.2 Å². The summed E-state index contributed by atoms with van der Waals surface area (Å²) in [6, 6.07) is 10.2. The lowest BCUT2D eigenvalue weighted by atomic mass is 10.0. The van der Waals surface area contributed by atoms with E-state index >= 15 is 0 Å². The minimum Gasteiger partial charge on any atom is -0.496 e. The number of para-hydroxylation sites is 1. The minimum atomic E-state index is -0.345. The molecule has 2 N–H and O–H groups in total. The maximum atomic E-state index is 14.1. The largest absolute Gasteiger partial charge is 0.496 e. The molecule has 3 rings (SSSR count). The number of fused-ring (bicyclic) bond motifs is 1. The van der Waals surface area contributed by atoms with Crippen molar-refractivity contribution in [1.82, 2.24) is 0 Å². The van der Waals surface area contributed by atoms with Crippen LogP contribution in [0.3, 0.4) is 0 Å². The Morgan fingerprint density at radius 1 is 1.05 bits per heavy atom. The number of benzene rings is 2. The van der Waals surface area contributed by atoms with Crippen molar-refractivity contribution in [2.45, 2.75) is 0 Å². The van der Waals surface area contributed by atoms with Crippen molar-refractivity contribution >= 4 is 0 Å². The Morgan fingerprint density at radius 3 is 2.52 bits per heavy atom. The third-order valence-corrected chi connectivity index (χ3v) is 3.03. The van der Waals surface area contributed by atoms with E-state index in [-0.39, 0.29) is 5.82 Å². The fourth-order valence-electron chi connectivity index (χ4n) is 2.21. The molecule has 0 fully saturated rings. The van der Waals surface area contributed by atoms with Gasteiger partial charge < -0.3 is 19.9 Å². The molecule has 0 unspecified atom stereocenters. The summed E-state index contributed by atoms with van der Waals surface area (Å²) >= 11 is 0. The van der Waals surface area contributed by atoms with Crippen LogP contribution >= 0.6 is 0 Å². The third-order valence-electron chi connectivity index (χ3n) is 3.03. The maximum absolute atomic E-state index is 14.1. The SMILES string of the molecule is CN.COc1cccc(F)c1-c1cccc2c1OCCO2. The molecule has 2 aromatic carbocycles. The Kier molecular flexibility index (Phi) is 5.00. The van der Waals surface area contributed by atoms with Gasteiger partial charge in [0.15, 0.2) is 11.5 Å². The van der Waals surface area contributed by atoms with E-state index in [2.05, 4.69) is 5.73 Å². The normalized spacial score (nSPS) is 12.2. The van der Waals surface area contributed by atoms with Crippen molar-refractivity contribution in [3.05, 3.63) is 42.2 Å². The molecule has 0 radical (unpaired) electrons. The fourth-order valence-corrected chi connectivity index (χ4v) is 2.21. The maximum Gasteiger partial charge on any atom is 0.169 e. The molecule has 4 nitrogen and oxygen atoms in total. The third kappa shape index (κ3) is 2.92. The number of rotatable bonds is 2. The highest BCUT2D eigenvalue weighted by atomic mass is 19.1. The molecule has 0 saturated heterocycles. The summed E-state index contributed by atoms with van der Waals surface area (Å²) in [6.07, 6.45) is 0. The number of hydrogen-bond donors (Lipinski definition) is 1. The molecule has 1 heterocycles. The summed E-state index contributed by atoms with van der Waals surface area (Å²) in [6.45, 7) is 0.964. The lowest BCUT2D eigenvalue weighted by Gasteiger charge is -2.21. The van der Waals surface area contributed by atoms with E-state index < -0.39 is 0 Å². The van der Waals surface area contributed by atoms with E-state index in [0.717, 1.165) is 0 Å². The predicted octanol–water partition coefficient (Wildman–Crippen LogP) is 2.85. The summed E-state index contributed by atoms with van der Waals surface area (Å²) in [5.74, 6) is 1.33. The van der Waals surface area contributed by atoms with Crippen LogP contribution in [-0.4, -0.2) is 27.4 Å². The van der Waals surface area contributed by atoms with Gasteiger partial charge in [0.2, 0.25) is 0 Å². The van der Waals surface area contributed by atoms with Gasteiger partial charge in [0.05, 0.1) is 12.7 Å². The van der Waals surface area contributed by atoms with Crippen LogP contribution in [-0.2, 0) is 0 Å². The summed E-state index contributed by atoms with van der Waals surface area (Å²) in [5, 5.41) is 0. The molecule has 1 aliphatic heterocycles. The van der Waals surface area contributed by atoms with Crippen molar-refractivity contribution in [3.8, 4) is 28.4 Å². The van der Waals surface area contributed by atoms with Gasteiger partial charge in [0.25, 0.3) is 0 Å². The average molecular weight is 291 g/mol. The molecule has 0 spiro atoms. The number of nitrogens with two attached hydrogens (primary N) is 1. The summed E-state index contributed by atoms with van der Waals surface area (Å²) in [4.78, 5) is 0. The first-order valence-corrected chi connectivity index (χ1v) is 6.60. The van der Waals surface area contributed by atoms with Crippen molar-refractivity contribution in [1.29, 1.82) is 0 Å². The van der Waals surface area contributed by atoms with Gasteiger partial charge >= 0.3 is 0 Å². The zero-order valence-electron chi connectivity index (χ0n) is 12.1. The molecule has 0 bridgehead atoms. The molecule has 112 valence electrons. The molecule has 0 aromatic heterocycles. The summed E-state index contributed by atoms with van der Waals surface area (Å²) in [5.41, 5.74) is 5.54. The van der Waals surface area contributed by atoms with Crippen LogP contribution in [0.4, 0.5) is 4.39 Å². The number of halogens is 1. The van der Waals surface area contributed by atoms with Gasteiger partial charge in [0, 0.05) is 5.56 Å². The second-order valence-corrected chi connectivity index (χ2v) is 4.15. The first-order chi connectivity index (χ1) is 10.3. The standard InChI is InChI=1S/C15H13FO3.CH5N/c1-17-12-6-3-5-11(16)14(12)10-4-2-7-13-15(10)19-9-8-18-13;1-2/h2-7H,8-9H2,1H3;2H2,1H3. The number of hydrogen-bond acceptors (Lipinski definition) is 4. The molecule has 0 atom stereocenters. The molecule has 21 heavy (non-hydrogen) atoms. The second-order valence-electron chi connectivity index (χ2n) is 4.15. The first kappa shape index (κ1) is 15.1. The molecular weight excluding hydrogens is 273 g/mol. The monoisotopic (exact) mass is 291 g/mol. The minimum absolute atomic E-state index is 0.345. The quantitative estimate of drug-likeness (QED) is 0.924. The van der Waals surface area contributed by atoms with Crippen molar-refractivity contribution < 1.29 is 18.6 Å². The van der Waals surface area contributed by atoms with E-state index in [0.29, 0.717) is 41.6 Å². The molecule has 0 amide bonds. The second kappa shape index (κ2) is 6.95. The zero-order chi connectivity index (χ0) is 15.2. The van der Waals surface area contributed by atoms with Gasteiger partial charge in [-0.1, -0.05) is 18.2 Å². The van der Waals surface area contributed by atoms with Crippen LogP contribution < -0.4 is 19.9 Å².